The van der Waals surface area contributed by atoms with E-state index in [4.69, 9.17) is 0 Å². The fourth-order valence-electron chi connectivity index (χ4n) is 4.54. The van der Waals surface area contributed by atoms with Crippen LogP contribution >= 0.6 is 11.3 Å². The first-order valence-corrected chi connectivity index (χ1v) is 12.6. The van der Waals surface area contributed by atoms with Crippen molar-refractivity contribution in [3.05, 3.63) is 77.3 Å². The molecule has 2 aromatic carbocycles. The normalized spacial score (nSPS) is 15.1. The maximum atomic E-state index is 12.8. The predicted octanol–water partition coefficient (Wildman–Crippen LogP) is 4.84. The van der Waals surface area contributed by atoms with E-state index in [0.29, 0.717) is 10.7 Å². The molecule has 35 heavy (non-hydrogen) atoms. The van der Waals surface area contributed by atoms with Crippen LogP contribution in [0.5, 0.6) is 0 Å². The zero-order valence-electron chi connectivity index (χ0n) is 19.5. The number of nitrogens with one attached hydrogen (secondary N) is 2. The molecule has 2 N–H and O–H groups in total. The third kappa shape index (κ3) is 4.55. The van der Waals surface area contributed by atoms with Gasteiger partial charge < -0.3 is 9.88 Å². The van der Waals surface area contributed by atoms with Crippen molar-refractivity contribution in [1.82, 2.24) is 24.8 Å². The van der Waals surface area contributed by atoms with Gasteiger partial charge in [0.2, 0.25) is 0 Å². The van der Waals surface area contributed by atoms with Crippen molar-refractivity contribution in [1.29, 1.82) is 0 Å². The fraction of sp³-hybridized carbons (Fsp3) is 0.222. The molecule has 0 saturated carbocycles. The SMILES string of the molecule is CN1CCN(Cc2ccc(C(=O)Nc3nc(-c4ccc5[nH]c6ncccc6c5c4)cs3)cc2)CC1. The topological polar surface area (TPSA) is 77.1 Å². The number of aromatic amines is 1. The van der Waals surface area contributed by atoms with Crippen LogP contribution in [-0.4, -0.2) is 63.9 Å². The van der Waals surface area contributed by atoms with Gasteiger partial charge in [0.1, 0.15) is 5.65 Å². The quantitative estimate of drug-likeness (QED) is 0.375. The van der Waals surface area contributed by atoms with Gasteiger partial charge >= 0.3 is 0 Å². The van der Waals surface area contributed by atoms with Crippen LogP contribution in [0.4, 0.5) is 5.13 Å². The molecule has 4 heterocycles. The highest BCUT2D eigenvalue weighted by Gasteiger charge is 2.15. The molecule has 0 aliphatic carbocycles. The van der Waals surface area contributed by atoms with Gasteiger partial charge in [-0.25, -0.2) is 9.97 Å². The molecule has 0 atom stereocenters. The smallest absolute Gasteiger partial charge is 0.257 e. The van der Waals surface area contributed by atoms with Gasteiger partial charge in [-0.3, -0.25) is 15.0 Å². The molecule has 0 radical (unpaired) electrons. The number of hydrogen-bond donors (Lipinski definition) is 2. The van der Waals surface area contributed by atoms with Gasteiger partial charge in [-0.2, -0.15) is 0 Å². The van der Waals surface area contributed by atoms with Crippen molar-refractivity contribution in [3.8, 4) is 11.3 Å². The second-order valence-electron chi connectivity index (χ2n) is 9.05. The lowest BCUT2D eigenvalue weighted by Crippen LogP contribution is -2.43. The maximum absolute atomic E-state index is 12.8. The minimum absolute atomic E-state index is 0.143. The summed E-state index contributed by atoms with van der Waals surface area (Å²) < 4.78 is 0. The summed E-state index contributed by atoms with van der Waals surface area (Å²) in [4.78, 5) is 30.0. The van der Waals surface area contributed by atoms with Crippen LogP contribution in [0.3, 0.4) is 0 Å². The minimum Gasteiger partial charge on any atom is -0.339 e. The molecule has 1 aliphatic rings. The number of fused-ring (bicyclic) bond motifs is 3. The number of amides is 1. The lowest BCUT2D eigenvalue weighted by atomic mass is 10.1. The van der Waals surface area contributed by atoms with Crippen LogP contribution in [0.25, 0.3) is 33.2 Å². The summed E-state index contributed by atoms with van der Waals surface area (Å²) in [6.45, 7) is 5.28. The molecule has 0 bridgehead atoms. The van der Waals surface area contributed by atoms with E-state index >= 15 is 0 Å². The summed E-state index contributed by atoms with van der Waals surface area (Å²) >= 11 is 1.43. The van der Waals surface area contributed by atoms with Gasteiger partial charge in [0.25, 0.3) is 5.91 Å². The molecule has 5 aromatic rings. The van der Waals surface area contributed by atoms with E-state index in [1.807, 2.05) is 47.8 Å². The average molecular weight is 483 g/mol. The number of pyridine rings is 1. The second-order valence-corrected chi connectivity index (χ2v) is 9.91. The Labute approximate surface area is 207 Å². The number of thiazole rings is 1. The zero-order valence-corrected chi connectivity index (χ0v) is 20.3. The van der Waals surface area contributed by atoms with Gasteiger partial charge in [-0.15, -0.1) is 11.3 Å². The van der Waals surface area contributed by atoms with Crippen molar-refractivity contribution in [2.75, 3.05) is 38.5 Å². The van der Waals surface area contributed by atoms with Gasteiger partial charge in [-0.1, -0.05) is 18.2 Å². The molecule has 1 amide bonds. The Morgan fingerprint density at radius 2 is 1.89 bits per heavy atom. The lowest BCUT2D eigenvalue weighted by molar-refractivity contribution is 0.102. The van der Waals surface area contributed by atoms with Crippen molar-refractivity contribution in [3.63, 3.8) is 0 Å². The van der Waals surface area contributed by atoms with Crippen LogP contribution in [-0.2, 0) is 6.54 Å². The highest BCUT2D eigenvalue weighted by Crippen LogP contribution is 2.31. The number of piperazine rings is 1. The third-order valence-corrected chi connectivity index (χ3v) is 7.37. The number of H-pyrrole nitrogens is 1. The molecule has 1 aliphatic heterocycles. The molecule has 0 unspecified atom stereocenters. The number of benzene rings is 2. The Balaban J connectivity index is 1.14. The molecule has 1 fully saturated rings. The summed E-state index contributed by atoms with van der Waals surface area (Å²) in [5, 5.41) is 7.72. The van der Waals surface area contributed by atoms with Gasteiger partial charge in [0, 0.05) is 71.7 Å². The molecule has 6 rings (SSSR count). The molecule has 1 saturated heterocycles. The maximum Gasteiger partial charge on any atom is 0.257 e. The highest BCUT2D eigenvalue weighted by molar-refractivity contribution is 7.14. The van der Waals surface area contributed by atoms with Gasteiger partial charge in [-0.05, 0) is 49.0 Å². The highest BCUT2D eigenvalue weighted by atomic mass is 32.1. The number of rotatable bonds is 5. The van der Waals surface area contributed by atoms with Crippen LogP contribution < -0.4 is 5.32 Å². The van der Waals surface area contributed by atoms with E-state index in [-0.39, 0.29) is 5.91 Å². The van der Waals surface area contributed by atoms with Crippen molar-refractivity contribution in [2.24, 2.45) is 0 Å². The first kappa shape index (κ1) is 21.9. The Bertz CT molecular complexity index is 1500. The Morgan fingerprint density at radius 1 is 1.06 bits per heavy atom. The summed E-state index contributed by atoms with van der Waals surface area (Å²) in [7, 11) is 2.16. The zero-order chi connectivity index (χ0) is 23.8. The van der Waals surface area contributed by atoms with E-state index in [1.165, 1.54) is 16.9 Å². The van der Waals surface area contributed by atoms with Gasteiger partial charge in [0.05, 0.1) is 5.69 Å². The van der Waals surface area contributed by atoms with E-state index < -0.39 is 0 Å². The number of anilines is 1. The summed E-state index contributed by atoms with van der Waals surface area (Å²) in [5.41, 5.74) is 5.63. The molecule has 176 valence electrons. The molecular weight excluding hydrogens is 456 g/mol. The molecule has 8 heteroatoms. The van der Waals surface area contributed by atoms with Crippen LogP contribution in [0, 0.1) is 0 Å². The summed E-state index contributed by atoms with van der Waals surface area (Å²) in [5.74, 6) is -0.143. The fourth-order valence-corrected chi connectivity index (χ4v) is 5.26. The Hall–Kier alpha value is -3.59. The molecular formula is C27H26N6OS. The second kappa shape index (κ2) is 9.22. The number of nitrogens with zero attached hydrogens (tertiary/aromatic N) is 4. The number of aromatic nitrogens is 3. The molecule has 7 nitrogen and oxygen atoms in total. The summed E-state index contributed by atoms with van der Waals surface area (Å²) in [6.07, 6.45) is 1.79. The number of carbonyl (C=O) groups is 1. The van der Waals surface area contributed by atoms with Crippen molar-refractivity contribution < 1.29 is 4.79 Å². The monoisotopic (exact) mass is 482 g/mol. The van der Waals surface area contributed by atoms with Crippen molar-refractivity contribution >= 4 is 44.3 Å². The number of hydrogen-bond acceptors (Lipinski definition) is 6. The van der Waals surface area contributed by atoms with Crippen LogP contribution in [0.15, 0.2) is 66.2 Å². The average Bonchev–Trinajstić information content (AvgIpc) is 3.50. The predicted molar refractivity (Wildman–Crippen MR) is 142 cm³/mol. The third-order valence-electron chi connectivity index (χ3n) is 6.61. The van der Waals surface area contributed by atoms with E-state index in [1.54, 1.807) is 6.20 Å². The van der Waals surface area contributed by atoms with E-state index in [2.05, 4.69) is 49.2 Å². The lowest BCUT2D eigenvalue weighted by Gasteiger charge is -2.32. The van der Waals surface area contributed by atoms with Crippen molar-refractivity contribution in [2.45, 2.75) is 6.54 Å². The largest absolute Gasteiger partial charge is 0.339 e. The molecule has 3 aromatic heterocycles. The van der Waals surface area contributed by atoms with Crippen LogP contribution in [0.1, 0.15) is 15.9 Å². The number of likely N-dealkylation sites (N-methyl/N-ethyl adjacent to an activating group) is 1. The van der Waals surface area contributed by atoms with E-state index in [9.17, 15) is 4.79 Å². The summed E-state index contributed by atoms with van der Waals surface area (Å²) in [6, 6.07) is 18.1. The van der Waals surface area contributed by atoms with E-state index in [0.717, 1.165) is 65.9 Å². The van der Waals surface area contributed by atoms with Gasteiger partial charge in [0.15, 0.2) is 5.13 Å². The number of carbonyl (C=O) groups excluding carboxylic acids is 1. The first-order chi connectivity index (χ1) is 17.1. The first-order valence-electron chi connectivity index (χ1n) is 11.8. The Morgan fingerprint density at radius 3 is 2.71 bits per heavy atom. The Kier molecular flexibility index (Phi) is 5.77. The van der Waals surface area contributed by atoms with Crippen LogP contribution in [0.2, 0.25) is 0 Å². The standard InChI is InChI=1S/C27H26N6OS/c1-32-11-13-33(14-12-32)16-18-4-6-19(7-5-18)26(34)31-27-30-24(17-35-27)20-8-9-23-22(15-20)21-3-2-10-28-25(21)29-23/h2-10,15,17H,11-14,16H2,1H3,(H,28,29)(H,30,31,34). The molecule has 0 spiro atoms. The minimum atomic E-state index is -0.143.